The average Bonchev–Trinajstić information content (AvgIpc) is 2.59. The lowest BCUT2D eigenvalue weighted by Crippen LogP contribution is -2.49. The fraction of sp³-hybridized carbons (Fsp3) is 0.467. The molecule has 2 N–H and O–H groups in total. The molecule has 0 spiro atoms. The molecule has 1 aliphatic rings. The Morgan fingerprint density at radius 1 is 1.32 bits per heavy atom. The molecule has 0 unspecified atom stereocenters. The zero-order chi connectivity index (χ0) is 17.7. The van der Waals surface area contributed by atoms with Crippen LogP contribution in [0, 0.1) is 0 Å². The van der Waals surface area contributed by atoms with Gasteiger partial charge in [0.15, 0.2) is 0 Å². The Labute approximate surface area is 154 Å². The smallest absolute Gasteiger partial charge is 0.253 e. The molecular formula is C15H23ClN4O4S. The van der Waals surface area contributed by atoms with E-state index in [-0.39, 0.29) is 42.2 Å². The van der Waals surface area contributed by atoms with E-state index in [1.165, 1.54) is 24.3 Å². The summed E-state index contributed by atoms with van der Waals surface area (Å²) >= 11 is 0. The molecule has 0 atom stereocenters. The molecule has 1 aromatic rings. The average molecular weight is 391 g/mol. The summed E-state index contributed by atoms with van der Waals surface area (Å²) in [6.07, 6.45) is 0. The summed E-state index contributed by atoms with van der Waals surface area (Å²) < 4.78 is 26.2. The second-order valence-electron chi connectivity index (χ2n) is 5.54. The van der Waals surface area contributed by atoms with Crippen molar-refractivity contribution >= 4 is 34.2 Å². The summed E-state index contributed by atoms with van der Waals surface area (Å²) in [5.74, 6) is -0.491. The molecule has 1 aromatic carbocycles. The third-order valence-corrected chi connectivity index (χ3v) is 5.65. The van der Waals surface area contributed by atoms with Gasteiger partial charge in [0.05, 0.1) is 11.4 Å². The largest absolute Gasteiger partial charge is 0.354 e. The third-order valence-electron chi connectivity index (χ3n) is 3.79. The van der Waals surface area contributed by atoms with Crippen molar-refractivity contribution in [3.8, 4) is 0 Å². The number of hydrogen-bond donors (Lipinski definition) is 2. The van der Waals surface area contributed by atoms with E-state index in [0.717, 1.165) is 4.31 Å². The highest BCUT2D eigenvalue weighted by molar-refractivity contribution is 7.89. The molecule has 1 aliphatic heterocycles. The minimum absolute atomic E-state index is 0. The van der Waals surface area contributed by atoms with Gasteiger partial charge in [-0.15, -0.1) is 12.4 Å². The highest BCUT2D eigenvalue weighted by atomic mass is 35.5. The van der Waals surface area contributed by atoms with Crippen LogP contribution in [-0.2, 0) is 14.8 Å². The van der Waals surface area contributed by atoms with E-state index in [1.54, 1.807) is 19.0 Å². The number of carbonyl (C=O) groups excluding carboxylic acids is 2. The highest BCUT2D eigenvalue weighted by Gasteiger charge is 2.29. The van der Waals surface area contributed by atoms with Gasteiger partial charge in [0.1, 0.15) is 0 Å². The van der Waals surface area contributed by atoms with Crippen molar-refractivity contribution in [2.24, 2.45) is 0 Å². The molecule has 2 amide bonds. The van der Waals surface area contributed by atoms with Crippen molar-refractivity contribution < 1.29 is 18.0 Å². The number of piperazine rings is 1. The van der Waals surface area contributed by atoms with Crippen molar-refractivity contribution in [2.45, 2.75) is 4.90 Å². The predicted octanol–water partition coefficient (Wildman–Crippen LogP) is -0.480. The lowest BCUT2D eigenvalue weighted by molar-refractivity contribution is -0.122. The number of likely N-dealkylation sites (N-methyl/N-ethyl adjacent to an activating group) is 2. The van der Waals surface area contributed by atoms with Gasteiger partial charge in [-0.25, -0.2) is 8.42 Å². The topological polar surface area (TPSA) is 98.8 Å². The Kier molecular flexibility index (Phi) is 7.81. The maximum Gasteiger partial charge on any atom is 0.253 e. The van der Waals surface area contributed by atoms with E-state index in [9.17, 15) is 18.0 Å². The molecule has 8 nitrogen and oxygen atoms in total. The number of sulfonamides is 1. The summed E-state index contributed by atoms with van der Waals surface area (Å²) in [5, 5.41) is 5.55. The quantitative estimate of drug-likeness (QED) is 0.683. The lowest BCUT2D eigenvalue weighted by Gasteiger charge is -2.26. The molecule has 0 bridgehead atoms. The maximum atomic E-state index is 12.5. The Hall–Kier alpha value is -1.68. The van der Waals surface area contributed by atoms with Crippen molar-refractivity contribution in [3.05, 3.63) is 29.8 Å². The van der Waals surface area contributed by atoms with E-state index in [2.05, 4.69) is 10.6 Å². The molecule has 10 heteroatoms. The number of amides is 2. The van der Waals surface area contributed by atoms with Crippen LogP contribution in [0.25, 0.3) is 0 Å². The van der Waals surface area contributed by atoms with Crippen LogP contribution in [0.3, 0.4) is 0 Å². The van der Waals surface area contributed by atoms with E-state index in [0.29, 0.717) is 25.2 Å². The number of benzene rings is 1. The van der Waals surface area contributed by atoms with Crippen LogP contribution in [0.2, 0.25) is 0 Å². The first kappa shape index (κ1) is 21.4. The second-order valence-corrected chi connectivity index (χ2v) is 7.48. The summed E-state index contributed by atoms with van der Waals surface area (Å²) in [6, 6.07) is 5.80. The Morgan fingerprint density at radius 3 is 2.52 bits per heavy atom. The minimum Gasteiger partial charge on any atom is -0.354 e. The minimum atomic E-state index is -3.73. The summed E-state index contributed by atoms with van der Waals surface area (Å²) in [7, 11) is -0.239. The molecular weight excluding hydrogens is 368 g/mol. The Morgan fingerprint density at radius 2 is 1.96 bits per heavy atom. The summed E-state index contributed by atoms with van der Waals surface area (Å²) in [5.41, 5.74) is 0.420. The van der Waals surface area contributed by atoms with E-state index in [4.69, 9.17) is 0 Å². The van der Waals surface area contributed by atoms with Crippen LogP contribution in [0.1, 0.15) is 10.4 Å². The number of nitrogens with zero attached hydrogens (tertiary/aromatic N) is 2. The first-order chi connectivity index (χ1) is 11.4. The molecule has 0 saturated carbocycles. The number of halogens is 1. The van der Waals surface area contributed by atoms with E-state index >= 15 is 0 Å². The number of carbonyl (C=O) groups is 2. The Balaban J connectivity index is 0.00000312. The molecule has 2 rings (SSSR count). The molecule has 1 saturated heterocycles. The summed E-state index contributed by atoms with van der Waals surface area (Å²) in [4.78, 5) is 25.3. The van der Waals surface area contributed by atoms with Gasteiger partial charge < -0.3 is 15.5 Å². The van der Waals surface area contributed by atoms with E-state index < -0.39 is 10.0 Å². The molecule has 0 radical (unpaired) electrons. The third kappa shape index (κ3) is 5.15. The zero-order valence-electron chi connectivity index (χ0n) is 14.2. The fourth-order valence-electron chi connectivity index (χ4n) is 2.34. The van der Waals surface area contributed by atoms with Gasteiger partial charge in [-0.1, -0.05) is 0 Å². The first-order valence-electron chi connectivity index (χ1n) is 7.63. The maximum absolute atomic E-state index is 12.5. The van der Waals surface area contributed by atoms with Crippen molar-refractivity contribution in [1.29, 1.82) is 0 Å². The van der Waals surface area contributed by atoms with E-state index in [1.807, 2.05) is 0 Å². The standard InChI is InChI=1S/C15H22N4O4S.ClH/c1-16-7-9-18(2)15(21)12-3-5-13(6-4-12)24(22,23)19-10-8-17-14(20)11-19;/h3-6,16H,7-11H2,1-2H3,(H,17,20);1H. The highest BCUT2D eigenvalue weighted by Crippen LogP contribution is 2.17. The normalized spacial score (nSPS) is 15.2. The molecule has 1 heterocycles. The van der Waals surface area contributed by atoms with Crippen LogP contribution >= 0.6 is 12.4 Å². The van der Waals surface area contributed by atoms with Crippen LogP contribution in [0.5, 0.6) is 0 Å². The Bertz CT molecular complexity index is 709. The second kappa shape index (κ2) is 9.14. The van der Waals surface area contributed by atoms with Crippen molar-refractivity contribution in [2.75, 3.05) is 46.8 Å². The molecule has 0 aliphatic carbocycles. The van der Waals surface area contributed by atoms with Gasteiger partial charge in [-0.05, 0) is 31.3 Å². The first-order valence-corrected chi connectivity index (χ1v) is 9.07. The van der Waals surface area contributed by atoms with Gasteiger partial charge in [0.2, 0.25) is 15.9 Å². The van der Waals surface area contributed by atoms with Crippen molar-refractivity contribution in [1.82, 2.24) is 19.8 Å². The predicted molar refractivity (Wildman–Crippen MR) is 96.3 cm³/mol. The fourth-order valence-corrected chi connectivity index (χ4v) is 3.74. The van der Waals surface area contributed by atoms with Gasteiger partial charge in [-0.3, -0.25) is 9.59 Å². The molecule has 1 fully saturated rings. The molecule has 140 valence electrons. The zero-order valence-corrected chi connectivity index (χ0v) is 15.8. The SMILES string of the molecule is CNCCN(C)C(=O)c1ccc(S(=O)(=O)N2CCNC(=O)C2)cc1.Cl. The van der Waals surface area contributed by atoms with Gasteiger partial charge >= 0.3 is 0 Å². The van der Waals surface area contributed by atoms with Crippen LogP contribution < -0.4 is 10.6 Å². The van der Waals surface area contributed by atoms with Gasteiger partial charge in [0, 0.05) is 38.8 Å². The molecule has 0 aromatic heterocycles. The van der Waals surface area contributed by atoms with Gasteiger partial charge in [-0.2, -0.15) is 4.31 Å². The van der Waals surface area contributed by atoms with Gasteiger partial charge in [0.25, 0.3) is 5.91 Å². The number of rotatable bonds is 6. The van der Waals surface area contributed by atoms with Crippen LogP contribution in [0.4, 0.5) is 0 Å². The lowest BCUT2D eigenvalue weighted by atomic mass is 10.2. The number of hydrogen-bond acceptors (Lipinski definition) is 5. The van der Waals surface area contributed by atoms with Crippen LogP contribution in [-0.4, -0.2) is 76.3 Å². The molecule has 25 heavy (non-hydrogen) atoms. The number of nitrogens with one attached hydrogen (secondary N) is 2. The monoisotopic (exact) mass is 390 g/mol. The van der Waals surface area contributed by atoms with Crippen LogP contribution in [0.15, 0.2) is 29.2 Å². The van der Waals surface area contributed by atoms with Crippen molar-refractivity contribution in [3.63, 3.8) is 0 Å². The summed E-state index contributed by atoms with van der Waals surface area (Å²) in [6.45, 7) is 1.58.